The Labute approximate surface area is 92.3 Å². The van der Waals surface area contributed by atoms with E-state index in [1.165, 1.54) is 12.1 Å². The number of fused-ring (bicyclic) bond motifs is 1. The molecule has 0 spiro atoms. The molecule has 1 aromatic heterocycles. The first kappa shape index (κ1) is 9.08. The number of hydrogen-bond acceptors (Lipinski definition) is 2. The Morgan fingerprint density at radius 1 is 1.38 bits per heavy atom. The van der Waals surface area contributed by atoms with Crippen LogP contribution in [0, 0.1) is 9.65 Å². The second-order valence-electron chi connectivity index (χ2n) is 2.46. The summed E-state index contributed by atoms with van der Waals surface area (Å²) in [6.07, 6.45) is 1.62. The van der Waals surface area contributed by atoms with Crippen LogP contribution in [0.1, 0.15) is 0 Å². The van der Waals surface area contributed by atoms with E-state index < -0.39 is 5.82 Å². The average molecular weight is 308 g/mol. The summed E-state index contributed by atoms with van der Waals surface area (Å²) in [5.74, 6) is -0.455. The Bertz CT molecular complexity index is 475. The highest BCUT2D eigenvalue weighted by Gasteiger charge is 2.03. The second-order valence-corrected chi connectivity index (χ2v) is 3.84. The first-order valence-electron chi connectivity index (χ1n) is 3.44. The highest BCUT2D eigenvalue weighted by molar-refractivity contribution is 14.1. The van der Waals surface area contributed by atoms with Gasteiger partial charge < -0.3 is 0 Å². The number of nitrogens with zero attached hydrogens (tertiary/aromatic N) is 2. The van der Waals surface area contributed by atoms with E-state index in [0.29, 0.717) is 9.35 Å². The summed E-state index contributed by atoms with van der Waals surface area (Å²) in [5.41, 5.74) is 0.571. The van der Waals surface area contributed by atoms with Crippen molar-refractivity contribution in [3.05, 3.63) is 33.0 Å². The molecule has 5 heteroatoms. The lowest BCUT2D eigenvalue weighted by Crippen LogP contribution is -1.88. The maximum atomic E-state index is 13.0. The molecule has 0 N–H and O–H groups in total. The number of benzene rings is 1. The molecule has 0 aliphatic carbocycles. The smallest absolute Gasteiger partial charge is 0.191 e. The summed E-state index contributed by atoms with van der Waals surface area (Å²) in [6.45, 7) is 0. The Hall–Kier alpha value is -0.490. The van der Waals surface area contributed by atoms with Crippen LogP contribution in [-0.4, -0.2) is 9.97 Å². The molecule has 0 aliphatic rings. The molecule has 0 atom stereocenters. The molecule has 1 aromatic carbocycles. The van der Waals surface area contributed by atoms with E-state index in [0.717, 1.165) is 5.39 Å². The van der Waals surface area contributed by atoms with Gasteiger partial charge in [0.15, 0.2) is 3.83 Å². The van der Waals surface area contributed by atoms with Gasteiger partial charge in [-0.2, -0.15) is 0 Å². The fourth-order valence-electron chi connectivity index (χ4n) is 1.00. The van der Waals surface area contributed by atoms with Gasteiger partial charge in [-0.3, -0.25) is 0 Å². The van der Waals surface area contributed by atoms with Crippen molar-refractivity contribution in [3.8, 4) is 0 Å². The van der Waals surface area contributed by atoms with Crippen LogP contribution in [0.3, 0.4) is 0 Å². The lowest BCUT2D eigenvalue weighted by atomic mass is 10.2. The summed E-state index contributed by atoms with van der Waals surface area (Å²) in [5, 5.41) is 0.837. The molecular formula is C8H3ClFIN2. The van der Waals surface area contributed by atoms with E-state index in [1.54, 1.807) is 6.20 Å². The molecular weight excluding hydrogens is 305 g/mol. The van der Waals surface area contributed by atoms with Gasteiger partial charge in [0.2, 0.25) is 0 Å². The first-order chi connectivity index (χ1) is 6.16. The molecule has 0 fully saturated rings. The Morgan fingerprint density at radius 2 is 2.15 bits per heavy atom. The summed E-state index contributed by atoms with van der Waals surface area (Å²) in [6, 6.07) is 2.82. The molecule has 2 nitrogen and oxygen atoms in total. The summed E-state index contributed by atoms with van der Waals surface area (Å²) in [7, 11) is 0. The third kappa shape index (κ3) is 1.73. The van der Waals surface area contributed by atoms with Gasteiger partial charge in [0.05, 0.1) is 10.5 Å². The predicted molar refractivity (Wildman–Crippen MR) is 57.2 cm³/mol. The Kier molecular flexibility index (Phi) is 2.33. The van der Waals surface area contributed by atoms with Gasteiger partial charge in [0.25, 0.3) is 0 Å². The quantitative estimate of drug-likeness (QED) is 0.552. The molecule has 1 heterocycles. The predicted octanol–water partition coefficient (Wildman–Crippen LogP) is 3.03. The summed E-state index contributed by atoms with van der Waals surface area (Å²) < 4.78 is 13.6. The average Bonchev–Trinajstić information content (AvgIpc) is 2.08. The molecule has 0 aliphatic heterocycles. The maximum absolute atomic E-state index is 13.0. The monoisotopic (exact) mass is 308 g/mol. The van der Waals surface area contributed by atoms with Crippen molar-refractivity contribution in [2.45, 2.75) is 0 Å². The lowest BCUT2D eigenvalue weighted by molar-refractivity contribution is 0.629. The molecule has 2 rings (SSSR count). The van der Waals surface area contributed by atoms with Crippen LogP contribution in [0.25, 0.3) is 10.9 Å². The zero-order valence-electron chi connectivity index (χ0n) is 6.26. The lowest BCUT2D eigenvalue weighted by Gasteiger charge is -1.98. The minimum Gasteiger partial charge on any atom is -0.231 e. The van der Waals surface area contributed by atoms with Crippen molar-refractivity contribution < 1.29 is 4.39 Å². The van der Waals surface area contributed by atoms with E-state index >= 15 is 0 Å². The van der Waals surface area contributed by atoms with Gasteiger partial charge in [-0.05, 0) is 6.07 Å². The zero-order valence-corrected chi connectivity index (χ0v) is 9.17. The van der Waals surface area contributed by atoms with Crippen molar-refractivity contribution >= 4 is 45.1 Å². The van der Waals surface area contributed by atoms with Crippen LogP contribution in [0.5, 0.6) is 0 Å². The summed E-state index contributed by atoms with van der Waals surface area (Å²) in [4.78, 5) is 8.03. The molecule has 66 valence electrons. The largest absolute Gasteiger partial charge is 0.231 e. The van der Waals surface area contributed by atoms with Crippen LogP contribution >= 0.6 is 34.2 Å². The van der Waals surface area contributed by atoms with E-state index in [2.05, 4.69) is 9.97 Å². The Balaban J connectivity index is 2.81. The summed E-state index contributed by atoms with van der Waals surface area (Å²) >= 11 is 7.57. The van der Waals surface area contributed by atoms with Gasteiger partial charge in [-0.15, -0.1) is 0 Å². The Morgan fingerprint density at radius 3 is 2.92 bits per heavy atom. The third-order valence-electron chi connectivity index (χ3n) is 1.59. The van der Waals surface area contributed by atoms with Crippen molar-refractivity contribution in [1.29, 1.82) is 0 Å². The van der Waals surface area contributed by atoms with Gasteiger partial charge >= 0.3 is 0 Å². The van der Waals surface area contributed by atoms with Gasteiger partial charge in [0, 0.05) is 40.2 Å². The van der Waals surface area contributed by atoms with Gasteiger partial charge in [0.1, 0.15) is 5.82 Å². The van der Waals surface area contributed by atoms with Crippen LogP contribution in [0.15, 0.2) is 18.3 Å². The van der Waals surface area contributed by atoms with Crippen LogP contribution in [0.4, 0.5) is 4.39 Å². The SMILES string of the molecule is Fc1cc2nc(I)ncc2cc1Cl. The molecule has 0 radical (unpaired) electrons. The molecule has 13 heavy (non-hydrogen) atoms. The van der Waals surface area contributed by atoms with Gasteiger partial charge in [-0.25, -0.2) is 14.4 Å². The second kappa shape index (κ2) is 3.34. The topological polar surface area (TPSA) is 25.8 Å². The van der Waals surface area contributed by atoms with Crippen LogP contribution < -0.4 is 0 Å². The number of halogens is 3. The number of aromatic nitrogens is 2. The van der Waals surface area contributed by atoms with Crippen LogP contribution in [0.2, 0.25) is 5.02 Å². The standard InChI is InChI=1S/C8H3ClFIN2/c9-5-1-4-3-12-8(11)13-7(4)2-6(5)10/h1-3H. The normalized spacial score (nSPS) is 10.7. The van der Waals surface area contributed by atoms with Crippen molar-refractivity contribution in [3.63, 3.8) is 0 Å². The molecule has 2 aromatic rings. The van der Waals surface area contributed by atoms with Crippen molar-refractivity contribution in [1.82, 2.24) is 9.97 Å². The third-order valence-corrected chi connectivity index (χ3v) is 2.40. The highest BCUT2D eigenvalue weighted by atomic mass is 127. The molecule has 0 bridgehead atoms. The van der Waals surface area contributed by atoms with Gasteiger partial charge in [-0.1, -0.05) is 11.6 Å². The minimum atomic E-state index is -0.455. The van der Waals surface area contributed by atoms with E-state index in [4.69, 9.17) is 11.6 Å². The molecule has 0 unspecified atom stereocenters. The van der Waals surface area contributed by atoms with E-state index in [1.807, 2.05) is 22.6 Å². The van der Waals surface area contributed by atoms with Crippen molar-refractivity contribution in [2.75, 3.05) is 0 Å². The number of rotatable bonds is 0. The van der Waals surface area contributed by atoms with E-state index in [-0.39, 0.29) is 5.02 Å². The fraction of sp³-hybridized carbons (Fsp3) is 0. The minimum absolute atomic E-state index is 0.0947. The molecule has 0 saturated carbocycles. The molecule has 0 saturated heterocycles. The van der Waals surface area contributed by atoms with E-state index in [9.17, 15) is 4.39 Å². The van der Waals surface area contributed by atoms with Crippen LogP contribution in [-0.2, 0) is 0 Å². The number of hydrogen-bond donors (Lipinski definition) is 0. The highest BCUT2D eigenvalue weighted by Crippen LogP contribution is 2.21. The van der Waals surface area contributed by atoms with Crippen molar-refractivity contribution in [2.24, 2.45) is 0 Å². The maximum Gasteiger partial charge on any atom is 0.191 e. The first-order valence-corrected chi connectivity index (χ1v) is 4.90. The fourth-order valence-corrected chi connectivity index (χ4v) is 1.57. The zero-order chi connectivity index (χ0) is 9.42. The molecule has 0 amide bonds.